The van der Waals surface area contributed by atoms with Gasteiger partial charge in [-0.05, 0) is 93.4 Å². The Morgan fingerprint density at radius 1 is 1.09 bits per heavy atom. The lowest BCUT2D eigenvalue weighted by Crippen LogP contribution is -2.61. The highest BCUT2D eigenvalue weighted by Crippen LogP contribution is 2.55. The Morgan fingerprint density at radius 2 is 1.85 bits per heavy atom. The van der Waals surface area contributed by atoms with E-state index < -0.39 is 5.60 Å². The summed E-state index contributed by atoms with van der Waals surface area (Å²) in [4.78, 5) is 24.8. The van der Waals surface area contributed by atoms with Gasteiger partial charge in [0, 0.05) is 36.9 Å². The lowest BCUT2D eigenvalue weighted by atomic mass is 9.52. The molecule has 5 fully saturated rings. The summed E-state index contributed by atoms with van der Waals surface area (Å²) < 4.78 is 0. The molecular weight excluding hydrogens is 412 g/mol. The van der Waals surface area contributed by atoms with Crippen LogP contribution in [0.25, 0.3) is 0 Å². The first-order valence-electron chi connectivity index (χ1n) is 12.6. The maximum Gasteiger partial charge on any atom is 0.270 e. The van der Waals surface area contributed by atoms with Crippen molar-refractivity contribution in [3.05, 3.63) is 53.5 Å². The minimum atomic E-state index is -0.476. The van der Waals surface area contributed by atoms with Crippen LogP contribution in [0.1, 0.15) is 72.6 Å². The molecule has 7 rings (SSSR count). The molecule has 0 radical (unpaired) electrons. The molecule has 0 spiro atoms. The topological polar surface area (TPSA) is 78.4 Å². The zero-order valence-electron chi connectivity index (χ0n) is 19.4. The minimum Gasteiger partial charge on any atom is -0.390 e. The van der Waals surface area contributed by atoms with Crippen LogP contribution in [0.5, 0.6) is 0 Å². The summed E-state index contributed by atoms with van der Waals surface area (Å²) >= 11 is 0. The van der Waals surface area contributed by atoms with E-state index in [-0.39, 0.29) is 11.9 Å². The van der Waals surface area contributed by atoms with E-state index in [4.69, 9.17) is 4.98 Å². The number of hydrogen-bond donors (Lipinski definition) is 2. The summed E-state index contributed by atoms with van der Waals surface area (Å²) in [6, 6.07) is 10.3. The van der Waals surface area contributed by atoms with E-state index in [1.165, 1.54) is 11.3 Å². The van der Waals surface area contributed by atoms with Crippen LogP contribution in [0.4, 0.5) is 5.82 Å². The Hall–Kier alpha value is -2.47. The standard InChI is InChI=1S/C27H34N4O2/c1-17-5-6-22(28-16-17)19-7-9-31(10-8-19)24-4-2-3-23(29-24)26(32)30-25-20-11-18-12-21(25)15-27(33,13-18)14-20/h2-6,16,18-21,25,33H,7-15H2,1H3,(H,30,32)/t18?,20?,21?,25-,27-. The third-order valence-electron chi connectivity index (χ3n) is 8.68. The second-order valence-corrected chi connectivity index (χ2v) is 11.1. The van der Waals surface area contributed by atoms with Crippen molar-refractivity contribution >= 4 is 11.7 Å². The number of anilines is 1. The highest BCUT2D eigenvalue weighted by Gasteiger charge is 2.55. The molecule has 1 amide bonds. The van der Waals surface area contributed by atoms with Crippen molar-refractivity contribution < 1.29 is 9.90 Å². The monoisotopic (exact) mass is 446 g/mol. The van der Waals surface area contributed by atoms with Gasteiger partial charge in [-0.25, -0.2) is 4.98 Å². The third kappa shape index (κ3) is 4.03. The fourth-order valence-electron chi connectivity index (χ4n) is 7.29. The summed E-state index contributed by atoms with van der Waals surface area (Å²) in [7, 11) is 0. The Labute approximate surface area is 195 Å². The Bertz CT molecular complexity index is 1010. The number of aryl methyl sites for hydroxylation is 1. The fraction of sp³-hybridized carbons (Fsp3) is 0.593. The molecule has 2 aromatic rings. The molecule has 5 aliphatic rings. The first-order valence-corrected chi connectivity index (χ1v) is 12.6. The number of nitrogens with one attached hydrogen (secondary N) is 1. The molecule has 1 saturated heterocycles. The molecule has 2 atom stereocenters. The van der Waals surface area contributed by atoms with Crippen molar-refractivity contribution in [2.75, 3.05) is 18.0 Å². The van der Waals surface area contributed by atoms with Crippen LogP contribution < -0.4 is 10.2 Å². The zero-order chi connectivity index (χ0) is 22.6. The number of carbonyl (C=O) groups excluding carboxylic acids is 1. The van der Waals surface area contributed by atoms with Crippen LogP contribution in [0, 0.1) is 24.7 Å². The Kier molecular flexibility index (Phi) is 5.17. The van der Waals surface area contributed by atoms with Gasteiger partial charge >= 0.3 is 0 Å². The van der Waals surface area contributed by atoms with Crippen LogP contribution in [0.15, 0.2) is 36.5 Å². The van der Waals surface area contributed by atoms with Crippen molar-refractivity contribution in [1.29, 1.82) is 0 Å². The summed E-state index contributed by atoms with van der Waals surface area (Å²) in [6.07, 6.45) is 8.96. The van der Waals surface area contributed by atoms with Gasteiger partial charge in [0.1, 0.15) is 11.5 Å². The van der Waals surface area contributed by atoms with Crippen LogP contribution in [-0.2, 0) is 0 Å². The number of pyridine rings is 2. The van der Waals surface area contributed by atoms with Crippen molar-refractivity contribution in [2.24, 2.45) is 17.8 Å². The van der Waals surface area contributed by atoms with Crippen LogP contribution in [0.3, 0.4) is 0 Å². The SMILES string of the molecule is Cc1ccc(C2CCN(c3cccc(C(=O)N[C@H]4C5CC6CC4C[C@](O)(C6)C5)n3)CC2)nc1. The van der Waals surface area contributed by atoms with E-state index in [2.05, 4.69) is 34.3 Å². The van der Waals surface area contributed by atoms with E-state index >= 15 is 0 Å². The van der Waals surface area contributed by atoms with Crippen LogP contribution in [-0.4, -0.2) is 45.7 Å². The molecule has 6 nitrogen and oxygen atoms in total. The largest absolute Gasteiger partial charge is 0.390 e. The molecule has 2 unspecified atom stereocenters. The molecule has 4 aliphatic carbocycles. The average Bonchev–Trinajstić information content (AvgIpc) is 2.81. The van der Waals surface area contributed by atoms with Gasteiger partial charge in [0.2, 0.25) is 0 Å². The van der Waals surface area contributed by atoms with E-state index in [9.17, 15) is 9.90 Å². The molecule has 4 bridgehead atoms. The van der Waals surface area contributed by atoms with E-state index in [1.807, 2.05) is 24.4 Å². The molecule has 0 aromatic carbocycles. The van der Waals surface area contributed by atoms with E-state index in [0.717, 1.165) is 63.9 Å². The second kappa shape index (κ2) is 8.08. The predicted molar refractivity (Wildman–Crippen MR) is 127 cm³/mol. The maximum absolute atomic E-state index is 13.2. The van der Waals surface area contributed by atoms with Crippen LogP contribution >= 0.6 is 0 Å². The van der Waals surface area contributed by atoms with Gasteiger partial charge in [-0.2, -0.15) is 0 Å². The van der Waals surface area contributed by atoms with Gasteiger partial charge in [-0.3, -0.25) is 9.78 Å². The number of amides is 1. The molecule has 1 aliphatic heterocycles. The van der Waals surface area contributed by atoms with Gasteiger partial charge in [0.05, 0.1) is 5.60 Å². The van der Waals surface area contributed by atoms with Gasteiger partial charge in [-0.15, -0.1) is 0 Å². The average molecular weight is 447 g/mol. The minimum absolute atomic E-state index is 0.0694. The highest BCUT2D eigenvalue weighted by atomic mass is 16.3. The number of hydrogen-bond acceptors (Lipinski definition) is 5. The third-order valence-corrected chi connectivity index (χ3v) is 8.68. The first-order chi connectivity index (χ1) is 16.0. The van der Waals surface area contributed by atoms with Gasteiger partial charge < -0.3 is 15.3 Å². The molecule has 2 aromatic heterocycles. The summed E-state index contributed by atoms with van der Waals surface area (Å²) in [5, 5.41) is 14.1. The van der Waals surface area contributed by atoms with Gasteiger partial charge in [0.15, 0.2) is 0 Å². The van der Waals surface area contributed by atoms with Crippen molar-refractivity contribution in [2.45, 2.75) is 69.4 Å². The number of aliphatic hydroxyl groups is 1. The molecular formula is C27H34N4O2. The highest BCUT2D eigenvalue weighted by molar-refractivity contribution is 5.93. The molecule has 6 heteroatoms. The lowest BCUT2D eigenvalue weighted by molar-refractivity contribution is -0.136. The summed E-state index contributed by atoms with van der Waals surface area (Å²) in [6.45, 7) is 3.91. The van der Waals surface area contributed by atoms with Crippen LogP contribution in [0.2, 0.25) is 0 Å². The molecule has 2 N–H and O–H groups in total. The number of carbonyl (C=O) groups is 1. The van der Waals surface area contributed by atoms with Crippen molar-refractivity contribution in [3.8, 4) is 0 Å². The predicted octanol–water partition coefficient (Wildman–Crippen LogP) is 3.84. The quantitative estimate of drug-likeness (QED) is 0.746. The van der Waals surface area contributed by atoms with Gasteiger partial charge in [-0.1, -0.05) is 12.1 Å². The lowest BCUT2D eigenvalue weighted by Gasteiger charge is -2.58. The first kappa shape index (κ1) is 21.1. The fourth-order valence-corrected chi connectivity index (χ4v) is 7.29. The molecule has 33 heavy (non-hydrogen) atoms. The molecule has 4 saturated carbocycles. The number of rotatable bonds is 4. The normalized spacial score (nSPS) is 33.3. The molecule has 3 heterocycles. The van der Waals surface area contributed by atoms with Crippen molar-refractivity contribution in [1.82, 2.24) is 15.3 Å². The Morgan fingerprint density at radius 3 is 2.52 bits per heavy atom. The number of piperidine rings is 1. The zero-order valence-corrected chi connectivity index (χ0v) is 19.4. The summed E-state index contributed by atoms with van der Waals surface area (Å²) in [5.41, 5.74) is 2.40. The van der Waals surface area contributed by atoms with Crippen molar-refractivity contribution in [3.63, 3.8) is 0 Å². The smallest absolute Gasteiger partial charge is 0.270 e. The summed E-state index contributed by atoms with van der Waals surface area (Å²) in [5.74, 6) is 2.75. The number of aromatic nitrogens is 2. The van der Waals surface area contributed by atoms with E-state index in [0.29, 0.717) is 29.4 Å². The molecule has 174 valence electrons. The van der Waals surface area contributed by atoms with Gasteiger partial charge in [0.25, 0.3) is 5.91 Å². The maximum atomic E-state index is 13.2. The number of nitrogens with zero attached hydrogens (tertiary/aromatic N) is 3. The second-order valence-electron chi connectivity index (χ2n) is 11.1. The van der Waals surface area contributed by atoms with E-state index in [1.54, 1.807) is 0 Å². The Balaban J connectivity index is 1.10.